The first-order valence-corrected chi connectivity index (χ1v) is 3.44. The van der Waals surface area contributed by atoms with Gasteiger partial charge in [0.2, 0.25) is 5.22 Å². The third-order valence-electron chi connectivity index (χ3n) is 1.10. The highest BCUT2D eigenvalue weighted by Gasteiger charge is 1.98. The van der Waals surface area contributed by atoms with Crippen LogP contribution in [0.25, 0.3) is 0 Å². The zero-order valence-electron chi connectivity index (χ0n) is 6.73. The van der Waals surface area contributed by atoms with Crippen molar-refractivity contribution in [2.75, 3.05) is 13.6 Å². The van der Waals surface area contributed by atoms with E-state index in [-0.39, 0.29) is 0 Å². The second-order valence-electron chi connectivity index (χ2n) is 2.15. The minimum absolute atomic E-state index is 0.702. The van der Waals surface area contributed by atoms with Gasteiger partial charge in [0.25, 0.3) is 0 Å². The van der Waals surface area contributed by atoms with Crippen LogP contribution in [0.2, 0.25) is 0 Å². The van der Waals surface area contributed by atoms with Crippen molar-refractivity contribution in [2.24, 2.45) is 10.4 Å². The van der Waals surface area contributed by atoms with Crippen LogP contribution in [0.1, 0.15) is 19.8 Å². The fraction of sp³-hybridized carbons (Fsp3) is 1.00. The average Bonchev–Trinajstić information content (AvgIpc) is 1.97. The van der Waals surface area contributed by atoms with Gasteiger partial charge in [0.1, 0.15) is 0 Å². The summed E-state index contributed by atoms with van der Waals surface area (Å²) in [6.07, 6.45) is 2.01. The van der Waals surface area contributed by atoms with Gasteiger partial charge < -0.3 is 10.1 Å². The Labute approximate surface area is 65.0 Å². The Morgan fingerprint density at radius 3 is 2.73 bits per heavy atom. The van der Waals surface area contributed by atoms with Gasteiger partial charge in [-0.05, 0) is 6.42 Å². The molecule has 0 unspecified atom stereocenters. The SMILES string of the molecule is CCCCN(C)N=N[N+](=O)[O-]. The fourth-order valence-corrected chi connectivity index (χ4v) is 0.533. The van der Waals surface area contributed by atoms with Crippen LogP contribution in [0, 0.1) is 10.1 Å². The standard InChI is InChI=1S/C5H12N4O2/c1-3-4-5-8(2)6-7-9(10)11/h3-5H2,1-2H3. The van der Waals surface area contributed by atoms with Crippen molar-refractivity contribution in [3.63, 3.8) is 0 Å². The first-order valence-electron chi connectivity index (χ1n) is 3.44. The zero-order valence-corrected chi connectivity index (χ0v) is 6.73. The molecule has 0 saturated heterocycles. The van der Waals surface area contributed by atoms with E-state index in [1.807, 2.05) is 6.92 Å². The summed E-state index contributed by atoms with van der Waals surface area (Å²) >= 11 is 0. The number of hydrogen-bond donors (Lipinski definition) is 0. The summed E-state index contributed by atoms with van der Waals surface area (Å²) in [5.41, 5.74) is 0. The van der Waals surface area contributed by atoms with E-state index in [1.165, 1.54) is 5.01 Å². The summed E-state index contributed by atoms with van der Waals surface area (Å²) in [6, 6.07) is 0. The summed E-state index contributed by atoms with van der Waals surface area (Å²) in [4.78, 5) is 9.70. The van der Waals surface area contributed by atoms with Crippen LogP contribution >= 0.6 is 0 Å². The smallest absolute Gasteiger partial charge is 0.207 e. The first-order chi connectivity index (χ1) is 5.16. The largest absolute Gasteiger partial charge is 0.337 e. The molecule has 0 aromatic rings. The Hall–Kier alpha value is -1.20. The molecule has 0 fully saturated rings. The molecule has 0 amide bonds. The molecule has 6 heteroatoms. The van der Waals surface area contributed by atoms with E-state index in [0.717, 1.165) is 12.8 Å². The van der Waals surface area contributed by atoms with Crippen molar-refractivity contribution in [1.82, 2.24) is 5.01 Å². The molecule has 0 bridgehead atoms. The van der Waals surface area contributed by atoms with Gasteiger partial charge in [-0.25, -0.2) is 0 Å². The molecule has 64 valence electrons. The summed E-state index contributed by atoms with van der Waals surface area (Å²) in [5, 5.41) is 16.4. The van der Waals surface area contributed by atoms with Gasteiger partial charge in [0, 0.05) is 7.05 Å². The van der Waals surface area contributed by atoms with E-state index >= 15 is 0 Å². The molecule has 0 N–H and O–H groups in total. The van der Waals surface area contributed by atoms with Crippen LogP contribution in [0.15, 0.2) is 10.4 Å². The van der Waals surface area contributed by atoms with E-state index in [2.05, 4.69) is 10.4 Å². The molecule has 0 heterocycles. The van der Waals surface area contributed by atoms with E-state index < -0.39 is 5.03 Å². The van der Waals surface area contributed by atoms with Gasteiger partial charge in [-0.3, -0.25) is 0 Å². The Kier molecular flexibility index (Phi) is 4.97. The third-order valence-corrected chi connectivity index (χ3v) is 1.10. The number of hydrogen-bond acceptors (Lipinski definition) is 3. The van der Waals surface area contributed by atoms with Gasteiger partial charge in [-0.2, -0.15) is 5.01 Å². The molecule has 0 rings (SSSR count). The molecular weight excluding hydrogens is 148 g/mol. The molecular formula is C5H12N4O2. The van der Waals surface area contributed by atoms with E-state index in [4.69, 9.17) is 0 Å². The van der Waals surface area contributed by atoms with E-state index in [0.29, 0.717) is 6.54 Å². The molecule has 6 nitrogen and oxygen atoms in total. The van der Waals surface area contributed by atoms with Gasteiger partial charge in [0.05, 0.1) is 11.6 Å². The van der Waals surface area contributed by atoms with Crippen molar-refractivity contribution in [2.45, 2.75) is 19.8 Å². The second kappa shape index (κ2) is 5.57. The van der Waals surface area contributed by atoms with Crippen molar-refractivity contribution in [3.05, 3.63) is 10.1 Å². The molecule has 0 aromatic heterocycles. The highest BCUT2D eigenvalue weighted by atomic mass is 16.7. The van der Waals surface area contributed by atoms with Crippen molar-refractivity contribution >= 4 is 0 Å². The number of nitrogens with zero attached hydrogens (tertiary/aromatic N) is 4. The Morgan fingerprint density at radius 2 is 2.27 bits per heavy atom. The van der Waals surface area contributed by atoms with Crippen LogP contribution in [0.3, 0.4) is 0 Å². The van der Waals surface area contributed by atoms with Crippen molar-refractivity contribution in [1.29, 1.82) is 0 Å². The van der Waals surface area contributed by atoms with Crippen LogP contribution < -0.4 is 0 Å². The first kappa shape index (κ1) is 9.80. The topological polar surface area (TPSA) is 71.1 Å². The molecule has 11 heavy (non-hydrogen) atoms. The maximum atomic E-state index is 9.70. The molecule has 0 atom stereocenters. The van der Waals surface area contributed by atoms with Gasteiger partial charge in [-0.1, -0.05) is 13.3 Å². The summed E-state index contributed by atoms with van der Waals surface area (Å²) in [5.74, 6) is 0. The lowest BCUT2D eigenvalue weighted by molar-refractivity contribution is -0.496. The molecule has 0 aliphatic rings. The van der Waals surface area contributed by atoms with Crippen molar-refractivity contribution < 1.29 is 5.03 Å². The quantitative estimate of drug-likeness (QED) is 0.345. The minimum Gasteiger partial charge on any atom is -0.337 e. The van der Waals surface area contributed by atoms with Gasteiger partial charge in [-0.15, -0.1) is 0 Å². The van der Waals surface area contributed by atoms with Crippen LogP contribution in [0.4, 0.5) is 0 Å². The predicted octanol–water partition coefficient (Wildman–Crippen LogP) is 1.28. The highest BCUT2D eigenvalue weighted by Crippen LogP contribution is 1.92. The highest BCUT2D eigenvalue weighted by molar-refractivity contribution is 4.39. The fourth-order valence-electron chi connectivity index (χ4n) is 0.533. The monoisotopic (exact) mass is 160 g/mol. The molecule has 0 radical (unpaired) electrons. The number of rotatable bonds is 5. The predicted molar refractivity (Wildman–Crippen MR) is 39.4 cm³/mol. The van der Waals surface area contributed by atoms with Gasteiger partial charge in [0.15, 0.2) is 5.22 Å². The lowest BCUT2D eigenvalue weighted by Gasteiger charge is -2.00. The van der Waals surface area contributed by atoms with Gasteiger partial charge >= 0.3 is 0 Å². The average molecular weight is 160 g/mol. The summed E-state index contributed by atoms with van der Waals surface area (Å²) in [7, 11) is 1.66. The lowest BCUT2D eigenvalue weighted by atomic mass is 10.3. The molecule has 0 saturated carbocycles. The van der Waals surface area contributed by atoms with Crippen LogP contribution in [-0.2, 0) is 0 Å². The maximum Gasteiger partial charge on any atom is 0.207 e. The normalized spacial score (nSPS) is 10.4. The lowest BCUT2D eigenvalue weighted by Crippen LogP contribution is -2.11. The maximum absolute atomic E-state index is 9.70. The Balaban J connectivity index is 3.50. The molecule has 0 spiro atoms. The van der Waals surface area contributed by atoms with Crippen LogP contribution in [-0.4, -0.2) is 23.6 Å². The Morgan fingerprint density at radius 1 is 1.64 bits per heavy atom. The molecule has 0 aliphatic carbocycles. The second-order valence-corrected chi connectivity index (χ2v) is 2.15. The Bertz CT molecular complexity index is 147. The van der Waals surface area contributed by atoms with E-state index in [9.17, 15) is 10.1 Å². The number of unbranched alkanes of at least 4 members (excludes halogenated alkanes) is 1. The molecule has 0 aromatic carbocycles. The molecule has 0 aliphatic heterocycles. The summed E-state index contributed by atoms with van der Waals surface area (Å²) < 4.78 is 0. The zero-order chi connectivity index (χ0) is 8.69. The van der Waals surface area contributed by atoms with Crippen LogP contribution in [0.5, 0.6) is 0 Å². The minimum atomic E-state index is -0.817. The van der Waals surface area contributed by atoms with Crippen molar-refractivity contribution in [3.8, 4) is 0 Å². The third kappa shape index (κ3) is 6.69. The number of nitro groups is 1. The summed E-state index contributed by atoms with van der Waals surface area (Å²) in [6.45, 7) is 2.74. The van der Waals surface area contributed by atoms with E-state index in [1.54, 1.807) is 7.05 Å².